The number of benzene rings is 1. The van der Waals surface area contributed by atoms with E-state index in [2.05, 4.69) is 26.7 Å². The van der Waals surface area contributed by atoms with Crippen molar-refractivity contribution >= 4 is 23.1 Å². The summed E-state index contributed by atoms with van der Waals surface area (Å²) >= 11 is 0. The van der Waals surface area contributed by atoms with Crippen molar-refractivity contribution in [1.29, 1.82) is 5.26 Å². The average molecular weight is 419 g/mol. The molecule has 0 aliphatic heterocycles. The quantitative estimate of drug-likeness (QED) is 0.418. The second kappa shape index (κ2) is 9.73. The Labute approximate surface area is 180 Å². The minimum absolute atomic E-state index is 0.0153. The molecule has 9 nitrogen and oxygen atoms in total. The number of nitrogens with two attached hydrogens (primary N) is 1. The maximum absolute atomic E-state index is 11.8. The van der Waals surface area contributed by atoms with Gasteiger partial charge >= 0.3 is 0 Å². The van der Waals surface area contributed by atoms with Gasteiger partial charge in [0.2, 0.25) is 0 Å². The maximum atomic E-state index is 11.8. The predicted molar refractivity (Wildman–Crippen MR) is 119 cm³/mol. The number of nitriles is 1. The second-order valence-corrected chi connectivity index (χ2v) is 7.29. The zero-order chi connectivity index (χ0) is 22.4. The highest BCUT2D eigenvalue weighted by atomic mass is 16.3. The molecule has 2 aromatic heterocycles. The van der Waals surface area contributed by atoms with E-state index in [1.54, 1.807) is 29.1 Å². The van der Waals surface area contributed by atoms with Gasteiger partial charge in [0.25, 0.3) is 5.91 Å². The number of pyridine rings is 1. The molecular weight excluding hydrogens is 394 g/mol. The van der Waals surface area contributed by atoms with Crippen molar-refractivity contribution in [2.24, 2.45) is 5.73 Å². The van der Waals surface area contributed by atoms with Gasteiger partial charge in [-0.3, -0.25) is 4.79 Å². The Hall–Kier alpha value is -3.90. The van der Waals surface area contributed by atoms with E-state index >= 15 is 0 Å². The lowest BCUT2D eigenvalue weighted by Gasteiger charge is -2.18. The molecule has 0 radical (unpaired) electrons. The van der Waals surface area contributed by atoms with Crippen molar-refractivity contribution in [3.05, 3.63) is 54.1 Å². The molecule has 31 heavy (non-hydrogen) atoms. The third kappa shape index (κ3) is 5.18. The van der Waals surface area contributed by atoms with Crippen molar-refractivity contribution in [3.8, 4) is 17.3 Å². The largest absolute Gasteiger partial charge is 0.396 e. The average Bonchev–Trinajstić information content (AvgIpc) is 3.16. The minimum atomic E-state index is -0.630. The topological polar surface area (TPSA) is 142 Å². The summed E-state index contributed by atoms with van der Waals surface area (Å²) in [5.41, 5.74) is 9.12. The molecule has 0 saturated carbocycles. The molecule has 9 heteroatoms. The molecule has 0 aliphatic carbocycles. The van der Waals surface area contributed by atoms with Crippen LogP contribution in [0.2, 0.25) is 0 Å². The Morgan fingerprint density at radius 1 is 1.26 bits per heavy atom. The summed E-state index contributed by atoms with van der Waals surface area (Å²) in [5, 5.41) is 24.8. The molecular formula is C22H25N7O2. The molecule has 0 saturated heterocycles. The van der Waals surface area contributed by atoms with E-state index in [9.17, 15) is 9.90 Å². The van der Waals surface area contributed by atoms with Crippen LogP contribution in [0.1, 0.15) is 36.5 Å². The molecule has 0 atom stereocenters. The maximum Gasteiger partial charge on any atom is 0.284 e. The molecule has 3 rings (SSSR count). The lowest BCUT2D eigenvalue weighted by molar-refractivity contribution is 0.0985. The molecule has 1 aromatic carbocycles. The van der Waals surface area contributed by atoms with Gasteiger partial charge in [0.15, 0.2) is 5.82 Å². The SMILES string of the molecule is CC(C)Nc1cc(Nc2ccc(C#N)cc2)ncc1-c1cnc(C(N)=O)n1CCCO. The lowest BCUT2D eigenvalue weighted by Crippen LogP contribution is -2.19. The van der Waals surface area contributed by atoms with Gasteiger partial charge in [0.05, 0.1) is 23.5 Å². The van der Waals surface area contributed by atoms with Crippen LogP contribution in [0.3, 0.4) is 0 Å². The summed E-state index contributed by atoms with van der Waals surface area (Å²) in [4.78, 5) is 20.5. The van der Waals surface area contributed by atoms with Crippen molar-refractivity contribution < 1.29 is 9.90 Å². The van der Waals surface area contributed by atoms with Crippen LogP contribution in [0, 0.1) is 11.3 Å². The van der Waals surface area contributed by atoms with Gasteiger partial charge < -0.3 is 26.0 Å². The molecule has 5 N–H and O–H groups in total. The van der Waals surface area contributed by atoms with Crippen LogP contribution in [0.25, 0.3) is 11.3 Å². The van der Waals surface area contributed by atoms with Gasteiger partial charge in [-0.15, -0.1) is 0 Å². The fourth-order valence-electron chi connectivity index (χ4n) is 3.18. The fraction of sp³-hybridized carbons (Fsp3) is 0.273. The van der Waals surface area contributed by atoms with Crippen LogP contribution in [-0.2, 0) is 6.54 Å². The smallest absolute Gasteiger partial charge is 0.284 e. The number of carbonyl (C=O) groups excluding carboxylic acids is 1. The van der Waals surface area contributed by atoms with E-state index in [-0.39, 0.29) is 18.5 Å². The second-order valence-electron chi connectivity index (χ2n) is 7.29. The monoisotopic (exact) mass is 419 g/mol. The molecule has 2 heterocycles. The first-order chi connectivity index (χ1) is 14.9. The number of nitrogens with zero attached hydrogens (tertiary/aromatic N) is 4. The number of aliphatic hydroxyl groups excluding tert-OH is 1. The highest BCUT2D eigenvalue weighted by Crippen LogP contribution is 2.31. The number of aliphatic hydroxyl groups is 1. The molecule has 0 bridgehead atoms. The normalized spacial score (nSPS) is 10.7. The molecule has 3 aromatic rings. The zero-order valence-corrected chi connectivity index (χ0v) is 17.5. The summed E-state index contributed by atoms with van der Waals surface area (Å²) in [6.07, 6.45) is 3.75. The van der Waals surface area contributed by atoms with E-state index < -0.39 is 5.91 Å². The number of aromatic nitrogens is 3. The van der Waals surface area contributed by atoms with E-state index in [1.165, 1.54) is 0 Å². The number of imidazole rings is 1. The van der Waals surface area contributed by atoms with Gasteiger partial charge in [0.1, 0.15) is 5.82 Å². The number of hydrogen-bond donors (Lipinski definition) is 4. The first-order valence-electron chi connectivity index (χ1n) is 9.93. The Morgan fingerprint density at radius 2 is 2.00 bits per heavy atom. The standard InChI is InChI=1S/C22H25N7O2/c1-14(2)27-18-10-20(28-16-6-4-15(11-23)5-7-16)25-12-17(18)19-13-26-22(21(24)31)29(19)8-3-9-30/h4-7,10,12-14,30H,3,8-9H2,1-2H3,(H2,24,31)(H2,25,27,28). The summed E-state index contributed by atoms with van der Waals surface area (Å²) in [6, 6.07) is 11.2. The Bertz CT molecular complexity index is 1100. The Morgan fingerprint density at radius 3 is 2.61 bits per heavy atom. The summed E-state index contributed by atoms with van der Waals surface area (Å²) in [7, 11) is 0. The Kier molecular flexibility index (Phi) is 6.85. The van der Waals surface area contributed by atoms with Gasteiger partial charge in [-0.2, -0.15) is 5.26 Å². The van der Waals surface area contributed by atoms with Crippen LogP contribution in [0.4, 0.5) is 17.2 Å². The number of carbonyl (C=O) groups is 1. The number of anilines is 3. The van der Waals surface area contributed by atoms with Crippen LogP contribution in [0.15, 0.2) is 42.7 Å². The highest BCUT2D eigenvalue weighted by Gasteiger charge is 2.19. The summed E-state index contributed by atoms with van der Waals surface area (Å²) in [6.45, 7) is 4.43. The van der Waals surface area contributed by atoms with Gasteiger partial charge in [0, 0.05) is 48.4 Å². The van der Waals surface area contributed by atoms with E-state index in [0.717, 1.165) is 16.9 Å². The molecule has 0 spiro atoms. The van der Waals surface area contributed by atoms with Crippen molar-refractivity contribution in [2.45, 2.75) is 32.9 Å². The number of amides is 1. The van der Waals surface area contributed by atoms with Crippen molar-refractivity contribution in [3.63, 3.8) is 0 Å². The zero-order valence-electron chi connectivity index (χ0n) is 17.5. The van der Waals surface area contributed by atoms with E-state index in [1.807, 2.05) is 32.0 Å². The van der Waals surface area contributed by atoms with Crippen LogP contribution in [0.5, 0.6) is 0 Å². The van der Waals surface area contributed by atoms with E-state index in [4.69, 9.17) is 11.0 Å². The van der Waals surface area contributed by atoms with Gasteiger partial charge in [-0.05, 0) is 44.5 Å². The molecule has 160 valence electrons. The third-order valence-electron chi connectivity index (χ3n) is 4.53. The summed E-state index contributed by atoms with van der Waals surface area (Å²) < 4.78 is 1.70. The third-order valence-corrected chi connectivity index (χ3v) is 4.53. The van der Waals surface area contributed by atoms with Crippen LogP contribution >= 0.6 is 0 Å². The predicted octanol–water partition coefficient (Wildman–Crippen LogP) is 2.86. The van der Waals surface area contributed by atoms with Gasteiger partial charge in [-0.25, -0.2) is 9.97 Å². The van der Waals surface area contributed by atoms with Crippen LogP contribution < -0.4 is 16.4 Å². The number of rotatable bonds is 9. The molecule has 0 aliphatic rings. The first-order valence-corrected chi connectivity index (χ1v) is 9.93. The molecule has 0 fully saturated rings. The first kappa shape index (κ1) is 21.8. The molecule has 1 amide bonds. The molecule has 0 unspecified atom stereocenters. The lowest BCUT2D eigenvalue weighted by atomic mass is 10.1. The number of nitrogens with one attached hydrogen (secondary N) is 2. The van der Waals surface area contributed by atoms with Gasteiger partial charge in [-0.1, -0.05) is 0 Å². The Balaban J connectivity index is 2.00. The van der Waals surface area contributed by atoms with E-state index in [0.29, 0.717) is 30.0 Å². The number of hydrogen-bond acceptors (Lipinski definition) is 7. The van der Waals surface area contributed by atoms with Crippen molar-refractivity contribution in [1.82, 2.24) is 14.5 Å². The highest BCUT2D eigenvalue weighted by molar-refractivity contribution is 5.91. The van der Waals surface area contributed by atoms with Crippen LogP contribution in [-0.4, -0.2) is 38.2 Å². The number of primary amides is 1. The van der Waals surface area contributed by atoms with Crippen molar-refractivity contribution in [2.75, 3.05) is 17.2 Å². The fourth-order valence-corrected chi connectivity index (χ4v) is 3.18. The summed E-state index contributed by atoms with van der Waals surface area (Å²) in [5.74, 6) is 0.126. The minimum Gasteiger partial charge on any atom is -0.396 e.